The lowest BCUT2D eigenvalue weighted by atomic mass is 9.98. The van der Waals surface area contributed by atoms with Crippen LogP contribution in [0.5, 0.6) is 0 Å². The van der Waals surface area contributed by atoms with E-state index >= 15 is 0 Å². The third-order valence-electron chi connectivity index (χ3n) is 5.23. The molecule has 0 bridgehead atoms. The van der Waals surface area contributed by atoms with Gasteiger partial charge in [-0.05, 0) is 44.1 Å². The third kappa shape index (κ3) is 4.16. The molecule has 0 radical (unpaired) electrons. The summed E-state index contributed by atoms with van der Waals surface area (Å²) in [6.07, 6.45) is 4.32. The van der Waals surface area contributed by atoms with E-state index in [0.29, 0.717) is 12.5 Å². The molecule has 6 nitrogen and oxygen atoms in total. The van der Waals surface area contributed by atoms with Gasteiger partial charge in [-0.25, -0.2) is 0 Å². The Morgan fingerprint density at radius 1 is 1.30 bits per heavy atom. The largest absolute Gasteiger partial charge is 0.337 e. The molecule has 1 aromatic heterocycles. The van der Waals surface area contributed by atoms with E-state index in [1.807, 2.05) is 25.1 Å². The minimum absolute atomic E-state index is 0.127. The van der Waals surface area contributed by atoms with E-state index < -0.39 is 5.54 Å². The van der Waals surface area contributed by atoms with Gasteiger partial charge < -0.3 is 9.88 Å². The van der Waals surface area contributed by atoms with Crippen molar-refractivity contribution in [3.05, 3.63) is 41.7 Å². The highest BCUT2D eigenvalue weighted by atomic mass is 32.2. The van der Waals surface area contributed by atoms with Crippen molar-refractivity contribution in [3.63, 3.8) is 0 Å². The maximum Gasteiger partial charge on any atom is 0.231 e. The van der Waals surface area contributed by atoms with Crippen molar-refractivity contribution in [3.8, 4) is 6.07 Å². The van der Waals surface area contributed by atoms with Crippen LogP contribution in [0.15, 0.2) is 35.5 Å². The van der Waals surface area contributed by atoms with Crippen LogP contribution >= 0.6 is 11.8 Å². The number of nitrogens with one attached hydrogen (secondary N) is 1. The lowest BCUT2D eigenvalue weighted by Gasteiger charge is -2.22. The molecule has 1 atom stereocenters. The molecule has 0 saturated heterocycles. The molecule has 0 spiro atoms. The van der Waals surface area contributed by atoms with E-state index in [-0.39, 0.29) is 17.6 Å². The first kappa shape index (κ1) is 18.1. The molecule has 140 valence electrons. The molecule has 2 aromatic rings. The predicted octanol–water partition coefficient (Wildman–Crippen LogP) is 3.10. The molecule has 2 fully saturated rings. The molecule has 1 aromatic carbocycles. The number of thioether (sulfide) groups is 1. The fourth-order valence-corrected chi connectivity index (χ4v) is 4.05. The summed E-state index contributed by atoms with van der Waals surface area (Å²) >= 11 is 1.39. The number of hydrogen-bond acceptors (Lipinski definition) is 5. The molecule has 0 unspecified atom stereocenters. The van der Waals surface area contributed by atoms with E-state index in [2.05, 4.69) is 38.3 Å². The van der Waals surface area contributed by atoms with Crippen LogP contribution in [0.2, 0.25) is 0 Å². The van der Waals surface area contributed by atoms with E-state index in [1.54, 1.807) is 0 Å². The predicted molar refractivity (Wildman–Crippen MR) is 103 cm³/mol. The Labute approximate surface area is 163 Å². The quantitative estimate of drug-likeness (QED) is 0.711. The van der Waals surface area contributed by atoms with Gasteiger partial charge in [-0.1, -0.05) is 42.1 Å². The SMILES string of the molecule is C[C@](C#N)(NC(=O)CSc1nnc(C2CC2)n1Cc1ccccc1)C1CC1. The Morgan fingerprint density at radius 2 is 2.04 bits per heavy atom. The van der Waals surface area contributed by atoms with E-state index in [0.717, 1.165) is 36.7 Å². The first-order valence-electron chi connectivity index (χ1n) is 9.41. The van der Waals surface area contributed by atoms with Gasteiger partial charge in [0.15, 0.2) is 5.16 Å². The molecule has 7 heteroatoms. The zero-order chi connectivity index (χ0) is 18.9. The second kappa shape index (κ2) is 7.35. The van der Waals surface area contributed by atoms with Crippen molar-refractivity contribution >= 4 is 17.7 Å². The summed E-state index contributed by atoms with van der Waals surface area (Å²) < 4.78 is 2.13. The van der Waals surface area contributed by atoms with E-state index in [4.69, 9.17) is 0 Å². The van der Waals surface area contributed by atoms with Gasteiger partial charge in [0, 0.05) is 5.92 Å². The van der Waals surface area contributed by atoms with Crippen LogP contribution in [-0.2, 0) is 11.3 Å². The minimum Gasteiger partial charge on any atom is -0.337 e. The second-order valence-electron chi connectivity index (χ2n) is 7.61. The summed E-state index contributed by atoms with van der Waals surface area (Å²) in [5, 5.41) is 21.8. The maximum atomic E-state index is 12.4. The zero-order valence-electron chi connectivity index (χ0n) is 15.4. The van der Waals surface area contributed by atoms with Crippen LogP contribution in [0.4, 0.5) is 0 Å². The van der Waals surface area contributed by atoms with Gasteiger partial charge in [0.25, 0.3) is 0 Å². The monoisotopic (exact) mass is 381 g/mol. The lowest BCUT2D eigenvalue weighted by molar-refractivity contribution is -0.119. The van der Waals surface area contributed by atoms with Crippen LogP contribution in [0.25, 0.3) is 0 Å². The number of nitrogens with zero attached hydrogens (tertiary/aromatic N) is 4. The summed E-state index contributed by atoms with van der Waals surface area (Å²) in [6.45, 7) is 2.53. The summed E-state index contributed by atoms with van der Waals surface area (Å²) in [5.41, 5.74) is 0.436. The first-order valence-corrected chi connectivity index (χ1v) is 10.4. The standard InChI is InChI=1S/C20H23N5OS/c1-20(13-21,16-9-10-16)22-17(26)12-27-19-24-23-18(15-7-8-15)25(19)11-14-5-3-2-4-6-14/h2-6,15-16H,7-12H2,1H3,(H,22,26)/t20-/m1/s1. The Kier molecular flexibility index (Phi) is 4.92. The summed E-state index contributed by atoms with van der Waals surface area (Å²) in [5.74, 6) is 1.89. The number of nitriles is 1. The Bertz CT molecular complexity index is 866. The van der Waals surface area contributed by atoms with Crippen LogP contribution in [0.1, 0.15) is 49.9 Å². The molecule has 1 N–H and O–H groups in total. The van der Waals surface area contributed by atoms with E-state index in [1.165, 1.54) is 17.3 Å². The summed E-state index contributed by atoms with van der Waals surface area (Å²) in [7, 11) is 0. The summed E-state index contributed by atoms with van der Waals surface area (Å²) in [4.78, 5) is 12.4. The molecule has 0 aliphatic heterocycles. The van der Waals surface area contributed by atoms with E-state index in [9.17, 15) is 10.1 Å². The molecule has 1 heterocycles. The van der Waals surface area contributed by atoms with Crippen molar-refractivity contribution in [2.75, 3.05) is 5.75 Å². The third-order valence-corrected chi connectivity index (χ3v) is 6.20. The van der Waals surface area contributed by atoms with Gasteiger partial charge in [0.1, 0.15) is 11.4 Å². The molecular formula is C20H23N5OS. The number of carbonyl (C=O) groups excluding carboxylic acids is 1. The van der Waals surface area contributed by atoms with Gasteiger partial charge in [0.05, 0.1) is 18.4 Å². The zero-order valence-corrected chi connectivity index (χ0v) is 16.2. The van der Waals surface area contributed by atoms with Crippen molar-refractivity contribution in [2.24, 2.45) is 5.92 Å². The fraction of sp³-hybridized carbons (Fsp3) is 0.500. The van der Waals surface area contributed by atoms with Crippen LogP contribution in [-0.4, -0.2) is 32.0 Å². The fourth-order valence-electron chi connectivity index (χ4n) is 3.30. The molecular weight excluding hydrogens is 358 g/mol. The normalized spacial score (nSPS) is 18.5. The van der Waals surface area contributed by atoms with Crippen molar-refractivity contribution < 1.29 is 4.79 Å². The van der Waals surface area contributed by atoms with Gasteiger partial charge >= 0.3 is 0 Å². The van der Waals surface area contributed by atoms with Crippen molar-refractivity contribution in [1.29, 1.82) is 5.26 Å². The smallest absolute Gasteiger partial charge is 0.231 e. The number of benzene rings is 1. The number of aromatic nitrogens is 3. The molecule has 1 amide bonds. The lowest BCUT2D eigenvalue weighted by Crippen LogP contribution is -2.47. The number of hydrogen-bond donors (Lipinski definition) is 1. The number of rotatable bonds is 8. The average molecular weight is 382 g/mol. The van der Waals surface area contributed by atoms with Crippen molar-refractivity contribution in [1.82, 2.24) is 20.1 Å². The van der Waals surface area contributed by atoms with Crippen LogP contribution in [0, 0.1) is 17.2 Å². The Morgan fingerprint density at radius 3 is 2.67 bits per heavy atom. The highest BCUT2D eigenvalue weighted by Crippen LogP contribution is 2.41. The minimum atomic E-state index is -0.755. The van der Waals surface area contributed by atoms with Gasteiger partial charge in [-0.15, -0.1) is 10.2 Å². The average Bonchev–Trinajstić information content (AvgIpc) is 3.59. The molecule has 2 aliphatic rings. The maximum absolute atomic E-state index is 12.4. The van der Waals surface area contributed by atoms with Crippen molar-refractivity contribution in [2.45, 2.75) is 55.8 Å². The summed E-state index contributed by atoms with van der Waals surface area (Å²) in [6, 6.07) is 12.5. The number of carbonyl (C=O) groups is 1. The Balaban J connectivity index is 1.44. The van der Waals surface area contributed by atoms with Gasteiger partial charge in [-0.3, -0.25) is 4.79 Å². The molecule has 27 heavy (non-hydrogen) atoms. The van der Waals surface area contributed by atoms with Crippen LogP contribution < -0.4 is 5.32 Å². The first-order chi connectivity index (χ1) is 13.1. The molecule has 4 rings (SSSR count). The topological polar surface area (TPSA) is 83.6 Å². The molecule has 2 aliphatic carbocycles. The van der Waals surface area contributed by atoms with Crippen LogP contribution in [0.3, 0.4) is 0 Å². The van der Waals surface area contributed by atoms with Gasteiger partial charge in [-0.2, -0.15) is 5.26 Å². The highest BCUT2D eigenvalue weighted by Gasteiger charge is 2.43. The highest BCUT2D eigenvalue weighted by molar-refractivity contribution is 7.99. The molecule has 2 saturated carbocycles. The van der Waals surface area contributed by atoms with Gasteiger partial charge in [0.2, 0.25) is 5.91 Å². The Hall–Kier alpha value is -2.33. The number of amides is 1. The second-order valence-corrected chi connectivity index (χ2v) is 8.55.